The van der Waals surface area contributed by atoms with E-state index in [4.69, 9.17) is 15.0 Å². The van der Waals surface area contributed by atoms with Crippen LogP contribution in [0.15, 0.2) is 212 Å². The van der Waals surface area contributed by atoms with E-state index in [1.165, 1.54) is 53.6 Å². The molecule has 294 valence electrons. The highest BCUT2D eigenvalue weighted by Gasteiger charge is 2.21. The zero-order chi connectivity index (χ0) is 41.4. The van der Waals surface area contributed by atoms with Gasteiger partial charge in [-0.15, -0.1) is 11.3 Å². The molecule has 0 amide bonds. The maximum atomic E-state index is 5.23. The van der Waals surface area contributed by atoms with Crippen molar-refractivity contribution < 1.29 is 0 Å². The molecule has 9 aromatic carbocycles. The van der Waals surface area contributed by atoms with Crippen LogP contribution in [0.2, 0.25) is 0 Å². The Kier molecular flexibility index (Phi) is 8.01. The van der Waals surface area contributed by atoms with Crippen LogP contribution in [0, 0.1) is 0 Å². The Bertz CT molecular complexity index is 3850. The summed E-state index contributed by atoms with van der Waals surface area (Å²) in [6.45, 7) is 0. The van der Waals surface area contributed by atoms with Gasteiger partial charge in [0.1, 0.15) is 0 Å². The second-order valence-electron chi connectivity index (χ2n) is 16.0. The third-order valence-corrected chi connectivity index (χ3v) is 13.6. The highest BCUT2D eigenvalue weighted by Crippen LogP contribution is 2.44. The van der Waals surface area contributed by atoms with E-state index in [1.54, 1.807) is 11.3 Å². The van der Waals surface area contributed by atoms with E-state index in [0.717, 1.165) is 49.4 Å². The van der Waals surface area contributed by atoms with Gasteiger partial charge in [-0.1, -0.05) is 146 Å². The summed E-state index contributed by atoms with van der Waals surface area (Å²) in [6.07, 6.45) is 0. The number of nitrogens with zero attached hydrogens (tertiary/aromatic N) is 5. The molecule has 0 saturated carbocycles. The van der Waals surface area contributed by atoms with Gasteiger partial charge in [-0.25, -0.2) is 15.0 Å². The van der Waals surface area contributed by atoms with E-state index >= 15 is 0 Å². The van der Waals surface area contributed by atoms with Crippen LogP contribution >= 0.6 is 11.3 Å². The minimum Gasteiger partial charge on any atom is -0.309 e. The van der Waals surface area contributed by atoms with Gasteiger partial charge in [0.25, 0.3) is 0 Å². The van der Waals surface area contributed by atoms with E-state index < -0.39 is 0 Å². The van der Waals surface area contributed by atoms with Gasteiger partial charge < -0.3 is 9.13 Å². The van der Waals surface area contributed by atoms with Crippen molar-refractivity contribution in [2.24, 2.45) is 0 Å². The molecule has 0 saturated heterocycles. The molecule has 0 aliphatic heterocycles. The Balaban J connectivity index is 1.05. The van der Waals surface area contributed by atoms with Gasteiger partial charge in [0.05, 0.1) is 22.1 Å². The van der Waals surface area contributed by atoms with Crippen LogP contribution in [0.4, 0.5) is 0 Å². The zero-order valence-electron chi connectivity index (χ0n) is 33.9. The summed E-state index contributed by atoms with van der Waals surface area (Å²) in [5.74, 6) is 1.94. The van der Waals surface area contributed by atoms with Crippen LogP contribution in [0.3, 0.4) is 0 Å². The molecule has 0 unspecified atom stereocenters. The maximum Gasteiger partial charge on any atom is 0.165 e. The molecule has 0 fully saturated rings. The number of fused-ring (bicyclic) bond motifs is 9. The van der Waals surface area contributed by atoms with Crippen molar-refractivity contribution in [2.75, 3.05) is 0 Å². The molecule has 5 nitrogen and oxygen atoms in total. The third-order valence-electron chi connectivity index (χ3n) is 12.3. The fourth-order valence-electron chi connectivity index (χ4n) is 9.48. The summed E-state index contributed by atoms with van der Waals surface area (Å²) in [6, 6.07) is 75.7. The first kappa shape index (κ1) is 35.6. The second kappa shape index (κ2) is 14.2. The molecule has 0 aliphatic rings. The van der Waals surface area contributed by atoms with Crippen LogP contribution in [0.5, 0.6) is 0 Å². The number of hydrogen-bond donors (Lipinski definition) is 0. The van der Waals surface area contributed by atoms with Gasteiger partial charge in [-0.05, 0) is 77.9 Å². The first-order valence-corrected chi connectivity index (χ1v) is 22.0. The van der Waals surface area contributed by atoms with Crippen molar-refractivity contribution in [2.45, 2.75) is 0 Å². The number of thiophene rings is 1. The lowest BCUT2D eigenvalue weighted by atomic mass is 9.98. The van der Waals surface area contributed by atoms with Crippen LogP contribution in [0.25, 0.3) is 120 Å². The molecule has 4 aromatic heterocycles. The molecule has 0 aliphatic carbocycles. The Hall–Kier alpha value is -8.19. The Morgan fingerprint density at radius 1 is 0.302 bits per heavy atom. The number of aromatic nitrogens is 5. The fraction of sp³-hybridized carbons (Fsp3) is 0. The van der Waals surface area contributed by atoms with Gasteiger partial charge in [0.2, 0.25) is 0 Å². The summed E-state index contributed by atoms with van der Waals surface area (Å²) < 4.78 is 7.22. The quantitative estimate of drug-likeness (QED) is 0.168. The van der Waals surface area contributed by atoms with Crippen molar-refractivity contribution in [3.63, 3.8) is 0 Å². The van der Waals surface area contributed by atoms with Gasteiger partial charge in [0.15, 0.2) is 17.5 Å². The molecular formula is C57H35N5S. The van der Waals surface area contributed by atoms with E-state index in [2.05, 4.69) is 185 Å². The molecule has 0 atom stereocenters. The monoisotopic (exact) mass is 821 g/mol. The van der Waals surface area contributed by atoms with E-state index in [-0.39, 0.29) is 0 Å². The average Bonchev–Trinajstić information content (AvgIpc) is 4.01. The predicted molar refractivity (Wildman–Crippen MR) is 263 cm³/mol. The second-order valence-corrected chi connectivity index (χ2v) is 17.1. The molecule has 0 N–H and O–H groups in total. The predicted octanol–water partition coefficient (Wildman–Crippen LogP) is 15.1. The van der Waals surface area contributed by atoms with Crippen molar-refractivity contribution in [3.05, 3.63) is 212 Å². The minimum atomic E-state index is 0.646. The lowest BCUT2D eigenvalue weighted by molar-refractivity contribution is 1.08. The van der Waals surface area contributed by atoms with E-state index in [9.17, 15) is 0 Å². The van der Waals surface area contributed by atoms with Crippen molar-refractivity contribution in [3.8, 4) is 56.7 Å². The zero-order valence-corrected chi connectivity index (χ0v) is 34.7. The summed E-state index contributed by atoms with van der Waals surface area (Å²) in [5, 5.41) is 7.34. The minimum absolute atomic E-state index is 0.646. The average molecular weight is 822 g/mol. The van der Waals surface area contributed by atoms with Gasteiger partial charge >= 0.3 is 0 Å². The highest BCUT2D eigenvalue weighted by molar-refractivity contribution is 7.26. The molecule has 63 heavy (non-hydrogen) atoms. The van der Waals surface area contributed by atoms with Crippen LogP contribution in [-0.2, 0) is 0 Å². The number of para-hydroxylation sites is 3. The Labute approximate surface area is 366 Å². The van der Waals surface area contributed by atoms with Crippen LogP contribution < -0.4 is 0 Å². The molecular weight excluding hydrogens is 787 g/mol. The normalized spacial score (nSPS) is 11.8. The lowest BCUT2D eigenvalue weighted by Crippen LogP contribution is -2.00. The van der Waals surface area contributed by atoms with Gasteiger partial charge in [-0.2, -0.15) is 0 Å². The molecule has 0 radical (unpaired) electrons. The molecule has 13 aromatic rings. The fourth-order valence-corrected chi connectivity index (χ4v) is 10.7. The molecule has 0 bridgehead atoms. The van der Waals surface area contributed by atoms with Gasteiger partial charge in [-0.3, -0.25) is 0 Å². The molecule has 6 heteroatoms. The first-order chi connectivity index (χ1) is 31.2. The third kappa shape index (κ3) is 5.73. The molecule has 13 rings (SSSR count). The number of hydrogen-bond acceptors (Lipinski definition) is 4. The SMILES string of the molecule is c1ccc(-c2nc(-c3ccccc3)nc(-c3cc(-c4cccc(-n5c6ccccc6c6cc7c8ccccc8n(-c8ccccc8)c7cc65)c4)cc4c3sc3ccccc34)n2)cc1. The number of rotatable bonds is 6. The summed E-state index contributed by atoms with van der Waals surface area (Å²) in [4.78, 5) is 15.5. The van der Waals surface area contributed by atoms with Crippen molar-refractivity contribution >= 4 is 75.1 Å². The highest BCUT2D eigenvalue weighted by atomic mass is 32.1. The van der Waals surface area contributed by atoms with Crippen LogP contribution in [-0.4, -0.2) is 24.1 Å². The summed E-state index contributed by atoms with van der Waals surface area (Å²) in [7, 11) is 0. The smallest absolute Gasteiger partial charge is 0.165 e. The van der Waals surface area contributed by atoms with Crippen molar-refractivity contribution in [1.29, 1.82) is 0 Å². The van der Waals surface area contributed by atoms with E-state index in [1.807, 2.05) is 36.4 Å². The van der Waals surface area contributed by atoms with Gasteiger partial charge in [0, 0.05) is 69.8 Å². The summed E-state index contributed by atoms with van der Waals surface area (Å²) in [5.41, 5.74) is 12.0. The van der Waals surface area contributed by atoms with E-state index in [0.29, 0.717) is 17.5 Å². The first-order valence-electron chi connectivity index (χ1n) is 21.2. The topological polar surface area (TPSA) is 48.5 Å². The van der Waals surface area contributed by atoms with Crippen molar-refractivity contribution in [1.82, 2.24) is 24.1 Å². The Morgan fingerprint density at radius 3 is 1.46 bits per heavy atom. The summed E-state index contributed by atoms with van der Waals surface area (Å²) >= 11 is 1.79. The standard InChI is InChI=1S/C57H35N5S/c1-4-17-36(18-5-1)55-58-56(37-19-6-2-7-20-37)60-57(59-55)48-33-39(32-47-44-27-12-15-30-53(44)63-54(47)48)38-21-16-24-41(31-38)62-50-29-14-11-26-43(50)46-34-45-42-25-10-13-28-49(42)61(51(45)35-52(46)62)40-22-8-3-9-23-40/h1-35H. The molecule has 0 spiro atoms. The Morgan fingerprint density at radius 2 is 0.810 bits per heavy atom. The largest absolute Gasteiger partial charge is 0.309 e. The lowest BCUT2D eigenvalue weighted by Gasteiger charge is -2.13. The maximum absolute atomic E-state index is 5.23. The molecule has 4 heterocycles. The van der Waals surface area contributed by atoms with Crippen LogP contribution in [0.1, 0.15) is 0 Å². The number of benzene rings is 9.